The number of halogens is 3. The standard InChI is InChI=1S/C12H24F3NO/c1-4-11(8-16-7-10(2)3)5-6-17-9-12(13,14)15/h10-11,16H,4-9H2,1-3H3. The van der Waals surface area contributed by atoms with Crippen LogP contribution in [0.4, 0.5) is 13.2 Å². The highest BCUT2D eigenvalue weighted by atomic mass is 19.4. The fourth-order valence-corrected chi connectivity index (χ4v) is 1.46. The van der Waals surface area contributed by atoms with Crippen molar-refractivity contribution in [2.45, 2.75) is 39.8 Å². The quantitative estimate of drug-likeness (QED) is 0.639. The van der Waals surface area contributed by atoms with E-state index in [9.17, 15) is 13.2 Å². The van der Waals surface area contributed by atoms with Crippen molar-refractivity contribution in [3.05, 3.63) is 0 Å². The summed E-state index contributed by atoms with van der Waals surface area (Å²) >= 11 is 0. The highest BCUT2D eigenvalue weighted by Gasteiger charge is 2.27. The van der Waals surface area contributed by atoms with Crippen LogP contribution in [-0.2, 0) is 4.74 Å². The lowest BCUT2D eigenvalue weighted by Crippen LogP contribution is -2.27. The second kappa shape index (κ2) is 8.75. The third-order valence-corrected chi connectivity index (χ3v) is 2.50. The summed E-state index contributed by atoms with van der Waals surface area (Å²) in [7, 11) is 0. The van der Waals surface area contributed by atoms with Gasteiger partial charge in [0.2, 0.25) is 0 Å². The van der Waals surface area contributed by atoms with Crippen LogP contribution in [0.15, 0.2) is 0 Å². The Morgan fingerprint density at radius 3 is 2.29 bits per heavy atom. The Hall–Kier alpha value is -0.290. The molecule has 0 heterocycles. The van der Waals surface area contributed by atoms with Crippen LogP contribution in [0.1, 0.15) is 33.6 Å². The van der Waals surface area contributed by atoms with Crippen LogP contribution in [0.3, 0.4) is 0 Å². The molecule has 1 atom stereocenters. The third kappa shape index (κ3) is 12.0. The summed E-state index contributed by atoms with van der Waals surface area (Å²) in [6.07, 6.45) is -2.57. The molecule has 0 aromatic rings. The molecule has 104 valence electrons. The van der Waals surface area contributed by atoms with E-state index >= 15 is 0 Å². The Morgan fingerprint density at radius 1 is 1.18 bits per heavy atom. The maximum atomic E-state index is 11.8. The van der Waals surface area contributed by atoms with Gasteiger partial charge in [0.1, 0.15) is 6.61 Å². The first kappa shape index (κ1) is 16.7. The summed E-state index contributed by atoms with van der Waals surface area (Å²) in [6.45, 7) is 7.14. The summed E-state index contributed by atoms with van der Waals surface area (Å²) in [5.41, 5.74) is 0. The number of alkyl halides is 3. The number of ether oxygens (including phenoxy) is 1. The average Bonchev–Trinajstić information content (AvgIpc) is 2.19. The zero-order chi connectivity index (χ0) is 13.3. The third-order valence-electron chi connectivity index (χ3n) is 2.50. The van der Waals surface area contributed by atoms with Gasteiger partial charge in [-0.3, -0.25) is 0 Å². The molecule has 5 heteroatoms. The molecule has 1 unspecified atom stereocenters. The molecule has 0 spiro atoms. The molecule has 0 saturated carbocycles. The van der Waals surface area contributed by atoms with Crippen molar-refractivity contribution in [3.8, 4) is 0 Å². The number of hydrogen-bond donors (Lipinski definition) is 1. The monoisotopic (exact) mass is 255 g/mol. The Balaban J connectivity index is 3.54. The molecule has 0 saturated heterocycles. The van der Waals surface area contributed by atoms with Crippen molar-refractivity contribution in [1.82, 2.24) is 5.32 Å². The lowest BCUT2D eigenvalue weighted by atomic mass is 10.0. The summed E-state index contributed by atoms with van der Waals surface area (Å²) in [4.78, 5) is 0. The van der Waals surface area contributed by atoms with Gasteiger partial charge in [-0.15, -0.1) is 0 Å². The Morgan fingerprint density at radius 2 is 1.82 bits per heavy atom. The fraction of sp³-hybridized carbons (Fsp3) is 1.00. The summed E-state index contributed by atoms with van der Waals surface area (Å²) in [6, 6.07) is 0. The van der Waals surface area contributed by atoms with E-state index in [4.69, 9.17) is 0 Å². The number of rotatable bonds is 9. The zero-order valence-electron chi connectivity index (χ0n) is 10.9. The molecule has 0 aromatic carbocycles. The molecule has 0 fully saturated rings. The van der Waals surface area contributed by atoms with E-state index in [1.165, 1.54) is 0 Å². The molecule has 0 radical (unpaired) electrons. The van der Waals surface area contributed by atoms with Gasteiger partial charge in [0, 0.05) is 6.61 Å². The van der Waals surface area contributed by atoms with Gasteiger partial charge in [0.25, 0.3) is 0 Å². The van der Waals surface area contributed by atoms with E-state index in [0.717, 1.165) is 19.5 Å². The largest absolute Gasteiger partial charge is 0.411 e. The molecule has 1 N–H and O–H groups in total. The van der Waals surface area contributed by atoms with E-state index in [0.29, 0.717) is 18.3 Å². The van der Waals surface area contributed by atoms with Gasteiger partial charge >= 0.3 is 6.18 Å². The summed E-state index contributed by atoms with van der Waals surface area (Å²) in [5.74, 6) is 0.982. The molecule has 0 aliphatic rings. The first-order valence-electron chi connectivity index (χ1n) is 6.20. The molecule has 0 aliphatic heterocycles. The Kier molecular flexibility index (Phi) is 8.60. The van der Waals surface area contributed by atoms with Gasteiger partial charge in [-0.05, 0) is 31.3 Å². The smallest absolute Gasteiger partial charge is 0.372 e. The van der Waals surface area contributed by atoms with Gasteiger partial charge in [-0.2, -0.15) is 13.2 Å². The molecule has 0 aromatic heterocycles. The van der Waals surface area contributed by atoms with Crippen LogP contribution >= 0.6 is 0 Å². The topological polar surface area (TPSA) is 21.3 Å². The van der Waals surface area contributed by atoms with E-state index in [1.807, 2.05) is 6.92 Å². The normalized spacial score (nSPS) is 14.3. The minimum absolute atomic E-state index is 0.182. The molecular formula is C12H24F3NO. The van der Waals surface area contributed by atoms with Crippen molar-refractivity contribution in [1.29, 1.82) is 0 Å². The fourth-order valence-electron chi connectivity index (χ4n) is 1.46. The number of nitrogens with one attached hydrogen (secondary N) is 1. The second-order valence-electron chi connectivity index (χ2n) is 4.78. The predicted octanol–water partition coefficient (Wildman–Crippen LogP) is 3.23. The molecule has 0 bridgehead atoms. The van der Waals surface area contributed by atoms with Crippen molar-refractivity contribution >= 4 is 0 Å². The number of hydrogen-bond acceptors (Lipinski definition) is 2. The maximum Gasteiger partial charge on any atom is 0.411 e. The molecule has 17 heavy (non-hydrogen) atoms. The van der Waals surface area contributed by atoms with Crippen molar-refractivity contribution in [3.63, 3.8) is 0 Å². The molecule has 0 aliphatic carbocycles. The van der Waals surface area contributed by atoms with E-state index in [-0.39, 0.29) is 6.61 Å². The minimum atomic E-state index is -4.21. The van der Waals surface area contributed by atoms with Crippen molar-refractivity contribution in [2.75, 3.05) is 26.3 Å². The van der Waals surface area contributed by atoms with Crippen LogP contribution in [0.2, 0.25) is 0 Å². The summed E-state index contributed by atoms with van der Waals surface area (Å²) in [5, 5.41) is 3.32. The van der Waals surface area contributed by atoms with Gasteiger partial charge in [-0.1, -0.05) is 27.2 Å². The SMILES string of the molecule is CCC(CCOCC(F)(F)F)CNCC(C)C. The first-order chi connectivity index (χ1) is 7.85. The van der Waals surface area contributed by atoms with Crippen molar-refractivity contribution < 1.29 is 17.9 Å². The average molecular weight is 255 g/mol. The van der Waals surface area contributed by atoms with Gasteiger partial charge in [-0.25, -0.2) is 0 Å². The highest BCUT2D eigenvalue weighted by molar-refractivity contribution is 4.62. The molecular weight excluding hydrogens is 231 g/mol. The van der Waals surface area contributed by atoms with Crippen LogP contribution < -0.4 is 5.32 Å². The predicted molar refractivity (Wildman–Crippen MR) is 63.0 cm³/mol. The Bertz CT molecular complexity index is 183. The van der Waals surface area contributed by atoms with Gasteiger partial charge < -0.3 is 10.1 Å². The van der Waals surface area contributed by atoms with Gasteiger partial charge in [0.15, 0.2) is 0 Å². The van der Waals surface area contributed by atoms with E-state index in [1.54, 1.807) is 0 Å². The zero-order valence-corrected chi connectivity index (χ0v) is 10.9. The van der Waals surface area contributed by atoms with E-state index < -0.39 is 12.8 Å². The highest BCUT2D eigenvalue weighted by Crippen LogP contribution is 2.15. The van der Waals surface area contributed by atoms with Crippen LogP contribution in [-0.4, -0.2) is 32.5 Å². The Labute approximate surface area is 102 Å². The van der Waals surface area contributed by atoms with Gasteiger partial charge in [0.05, 0.1) is 0 Å². The lowest BCUT2D eigenvalue weighted by molar-refractivity contribution is -0.174. The van der Waals surface area contributed by atoms with Crippen molar-refractivity contribution in [2.24, 2.45) is 11.8 Å². The van der Waals surface area contributed by atoms with E-state index in [2.05, 4.69) is 23.9 Å². The second-order valence-corrected chi connectivity index (χ2v) is 4.78. The maximum absolute atomic E-state index is 11.8. The van der Waals surface area contributed by atoms with Crippen LogP contribution in [0, 0.1) is 11.8 Å². The molecule has 2 nitrogen and oxygen atoms in total. The first-order valence-corrected chi connectivity index (χ1v) is 6.20. The lowest BCUT2D eigenvalue weighted by Gasteiger charge is -2.17. The minimum Gasteiger partial charge on any atom is -0.372 e. The molecule has 0 rings (SSSR count). The van der Waals surface area contributed by atoms with Crippen LogP contribution in [0.5, 0.6) is 0 Å². The van der Waals surface area contributed by atoms with Crippen LogP contribution in [0.25, 0.3) is 0 Å². The molecule has 0 amide bonds. The summed E-state index contributed by atoms with van der Waals surface area (Å²) < 4.78 is 40.1.